The van der Waals surface area contributed by atoms with Gasteiger partial charge in [0.05, 0.1) is 38.1 Å². The summed E-state index contributed by atoms with van der Waals surface area (Å²) in [5, 5.41) is 43.4. The van der Waals surface area contributed by atoms with E-state index in [0.717, 1.165) is 6.42 Å². The zero-order valence-electron chi connectivity index (χ0n) is 16.4. The number of aliphatic hydroxyl groups is 3. The van der Waals surface area contributed by atoms with Gasteiger partial charge in [-0.15, -0.1) is 0 Å². The highest BCUT2D eigenvalue weighted by molar-refractivity contribution is 5.83. The van der Waals surface area contributed by atoms with E-state index in [1.807, 2.05) is 13.8 Å². The van der Waals surface area contributed by atoms with Gasteiger partial charge in [-0.2, -0.15) is 0 Å². The molecule has 0 radical (unpaired) electrons. The van der Waals surface area contributed by atoms with Crippen molar-refractivity contribution >= 4 is 11.9 Å². The summed E-state index contributed by atoms with van der Waals surface area (Å²) in [6.07, 6.45) is -2.95. The van der Waals surface area contributed by atoms with Crippen LogP contribution in [0.4, 0.5) is 0 Å². The van der Waals surface area contributed by atoms with E-state index in [-0.39, 0.29) is 25.4 Å². The first kappa shape index (κ1) is 27.9. The van der Waals surface area contributed by atoms with Crippen molar-refractivity contribution in [2.45, 2.75) is 71.1 Å². The summed E-state index contributed by atoms with van der Waals surface area (Å²) in [4.78, 5) is 20.8. The molecular formula is C17H34O10. The first-order valence-electron chi connectivity index (χ1n) is 8.84. The number of rotatable bonds is 14. The second kappa shape index (κ2) is 16.8. The second-order valence-electron chi connectivity index (χ2n) is 6.09. The van der Waals surface area contributed by atoms with E-state index in [2.05, 4.69) is 0 Å². The van der Waals surface area contributed by atoms with Crippen LogP contribution in [0, 0.1) is 0 Å². The molecule has 0 aliphatic carbocycles. The summed E-state index contributed by atoms with van der Waals surface area (Å²) < 4.78 is 15.2. The van der Waals surface area contributed by atoms with Crippen LogP contribution in [0.1, 0.15) is 40.5 Å². The van der Waals surface area contributed by atoms with Gasteiger partial charge in [-0.05, 0) is 27.2 Å². The molecule has 0 aliphatic heterocycles. The van der Waals surface area contributed by atoms with Gasteiger partial charge in [-0.1, -0.05) is 13.3 Å². The number of ether oxygens (including phenoxy) is 3. The van der Waals surface area contributed by atoms with E-state index >= 15 is 0 Å². The number of carbonyl (C=O) groups is 2. The minimum atomic E-state index is -2.02. The minimum Gasteiger partial charge on any atom is -0.479 e. The summed E-state index contributed by atoms with van der Waals surface area (Å²) >= 11 is 0. The van der Waals surface area contributed by atoms with Crippen LogP contribution >= 0.6 is 0 Å². The molecule has 0 amide bonds. The van der Waals surface area contributed by atoms with Gasteiger partial charge in [0.25, 0.3) is 0 Å². The van der Waals surface area contributed by atoms with Gasteiger partial charge in [-0.3, -0.25) is 0 Å². The van der Waals surface area contributed by atoms with E-state index in [1.54, 1.807) is 13.8 Å². The normalized spacial score (nSPS) is 16.4. The molecule has 0 aromatic rings. The molecule has 5 atom stereocenters. The molecule has 10 heteroatoms. The van der Waals surface area contributed by atoms with Crippen molar-refractivity contribution in [1.29, 1.82) is 0 Å². The summed E-state index contributed by atoms with van der Waals surface area (Å²) in [5.41, 5.74) is 0. The first-order chi connectivity index (χ1) is 12.6. The summed E-state index contributed by atoms with van der Waals surface area (Å²) in [6, 6.07) is 0. The van der Waals surface area contributed by atoms with Gasteiger partial charge in [0.1, 0.15) is 0 Å². The zero-order valence-corrected chi connectivity index (χ0v) is 16.4. The molecule has 0 fully saturated rings. The van der Waals surface area contributed by atoms with Crippen LogP contribution < -0.4 is 0 Å². The van der Waals surface area contributed by atoms with Gasteiger partial charge in [0.15, 0.2) is 12.2 Å². The number of aliphatic carboxylic acids is 2. The molecule has 0 aromatic carbocycles. The third-order valence-corrected chi connectivity index (χ3v) is 3.07. The average molecular weight is 398 g/mol. The highest BCUT2D eigenvalue weighted by Gasteiger charge is 2.32. The van der Waals surface area contributed by atoms with Crippen LogP contribution in [-0.2, 0) is 23.8 Å². The molecule has 0 heterocycles. The molecule has 10 nitrogen and oxygen atoms in total. The fourth-order valence-corrected chi connectivity index (χ4v) is 1.49. The van der Waals surface area contributed by atoms with E-state index in [9.17, 15) is 9.59 Å². The van der Waals surface area contributed by atoms with Crippen molar-refractivity contribution in [2.75, 3.05) is 26.4 Å². The Kier molecular flexibility index (Phi) is 17.4. The summed E-state index contributed by atoms with van der Waals surface area (Å²) in [5.74, 6) is -3.08. The molecule has 0 rings (SSSR count). The fourth-order valence-electron chi connectivity index (χ4n) is 1.49. The molecule has 162 valence electrons. The standard InChI is InChI=1S/C9H20O4.C8H14O6/c1-7(11)5-12-9(3)6-13-8(2)4-10;1-2-3-4-14-6(8(12)13)5(9)7(10)11/h7-11H,4-6H2,1-3H3;5-6,9H,2-4H2,1H3,(H,10,11)(H,12,13). The van der Waals surface area contributed by atoms with Crippen LogP contribution in [0.5, 0.6) is 0 Å². The lowest BCUT2D eigenvalue weighted by Gasteiger charge is -2.16. The van der Waals surface area contributed by atoms with E-state index in [1.165, 1.54) is 0 Å². The fraction of sp³-hybridized carbons (Fsp3) is 0.882. The van der Waals surface area contributed by atoms with Crippen LogP contribution in [0.25, 0.3) is 0 Å². The quantitative estimate of drug-likeness (QED) is 0.249. The molecule has 0 aromatic heterocycles. The third kappa shape index (κ3) is 16.6. The molecule has 0 aliphatic rings. The lowest BCUT2D eigenvalue weighted by Crippen LogP contribution is -2.41. The average Bonchev–Trinajstić information content (AvgIpc) is 2.61. The molecule has 5 unspecified atom stereocenters. The molecule has 0 spiro atoms. The first-order valence-corrected chi connectivity index (χ1v) is 8.84. The Bertz CT molecular complexity index is 388. The van der Waals surface area contributed by atoms with Crippen LogP contribution in [0.3, 0.4) is 0 Å². The van der Waals surface area contributed by atoms with Crippen LogP contribution in [0.15, 0.2) is 0 Å². The highest BCUT2D eigenvalue weighted by atomic mass is 16.5. The van der Waals surface area contributed by atoms with E-state index in [4.69, 9.17) is 39.7 Å². The Morgan fingerprint density at radius 3 is 1.85 bits per heavy atom. The molecule has 0 saturated heterocycles. The smallest absolute Gasteiger partial charge is 0.336 e. The van der Waals surface area contributed by atoms with Gasteiger partial charge in [0.2, 0.25) is 0 Å². The highest BCUT2D eigenvalue weighted by Crippen LogP contribution is 2.02. The Labute approximate surface area is 159 Å². The summed E-state index contributed by atoms with van der Waals surface area (Å²) in [7, 11) is 0. The maximum absolute atomic E-state index is 10.5. The van der Waals surface area contributed by atoms with Crippen molar-refractivity contribution < 1.29 is 49.3 Å². The second-order valence-corrected chi connectivity index (χ2v) is 6.09. The predicted octanol–water partition coefficient (Wildman–Crippen LogP) is -0.128. The van der Waals surface area contributed by atoms with Gasteiger partial charge in [0, 0.05) is 6.61 Å². The Morgan fingerprint density at radius 1 is 0.889 bits per heavy atom. The minimum absolute atomic E-state index is 0.0170. The predicted molar refractivity (Wildman–Crippen MR) is 95.5 cm³/mol. The Hall–Kier alpha value is -1.30. The number of unbranched alkanes of at least 4 members (excludes halogenated alkanes) is 1. The molecule has 0 saturated carbocycles. The van der Waals surface area contributed by atoms with Gasteiger partial charge < -0.3 is 39.7 Å². The lowest BCUT2D eigenvalue weighted by molar-refractivity contribution is -0.171. The maximum Gasteiger partial charge on any atom is 0.336 e. The van der Waals surface area contributed by atoms with Crippen LogP contribution in [-0.4, -0.2) is 94.4 Å². The van der Waals surface area contributed by atoms with Crippen molar-refractivity contribution in [3.63, 3.8) is 0 Å². The number of aliphatic hydroxyl groups excluding tert-OH is 3. The third-order valence-electron chi connectivity index (χ3n) is 3.07. The Balaban J connectivity index is 0. The summed E-state index contributed by atoms with van der Waals surface area (Å²) in [6.45, 7) is 8.11. The van der Waals surface area contributed by atoms with Gasteiger partial charge in [-0.25, -0.2) is 9.59 Å². The lowest BCUT2D eigenvalue weighted by atomic mass is 10.2. The van der Waals surface area contributed by atoms with Crippen molar-refractivity contribution in [1.82, 2.24) is 0 Å². The topological polar surface area (TPSA) is 163 Å². The molecular weight excluding hydrogens is 364 g/mol. The Morgan fingerprint density at radius 2 is 1.44 bits per heavy atom. The van der Waals surface area contributed by atoms with Crippen molar-refractivity contribution in [3.05, 3.63) is 0 Å². The molecule has 27 heavy (non-hydrogen) atoms. The molecule has 5 N–H and O–H groups in total. The number of carboxylic acid groups (broad SMARTS) is 2. The number of carboxylic acids is 2. The van der Waals surface area contributed by atoms with Crippen molar-refractivity contribution in [2.24, 2.45) is 0 Å². The van der Waals surface area contributed by atoms with Crippen molar-refractivity contribution in [3.8, 4) is 0 Å². The largest absolute Gasteiger partial charge is 0.479 e. The molecule has 0 bridgehead atoms. The monoisotopic (exact) mass is 398 g/mol. The zero-order chi connectivity index (χ0) is 21.4. The van der Waals surface area contributed by atoms with E-state index in [0.29, 0.717) is 19.6 Å². The van der Waals surface area contributed by atoms with Crippen LogP contribution in [0.2, 0.25) is 0 Å². The SMILES string of the molecule is CC(O)COC(C)COC(C)CO.CCCCOC(C(=O)O)C(O)C(=O)O. The maximum atomic E-state index is 10.5. The number of hydrogen-bond donors (Lipinski definition) is 5. The number of hydrogen-bond acceptors (Lipinski definition) is 8. The van der Waals surface area contributed by atoms with E-state index < -0.39 is 30.3 Å². The van der Waals surface area contributed by atoms with Gasteiger partial charge >= 0.3 is 11.9 Å².